The lowest BCUT2D eigenvalue weighted by Crippen LogP contribution is -2.34. The molecule has 2 aromatic rings. The first-order chi connectivity index (χ1) is 8.37. The standard InChI is InChI=1S/C13H20N4O/c1-9-11-5-10(6-14-8-13(2,3)18)7-15-12(11)17(4)16-9/h5,7,14,18H,6,8H2,1-4H3. The second-order valence-corrected chi connectivity index (χ2v) is 5.34. The molecular formula is C13H20N4O. The third-order valence-corrected chi connectivity index (χ3v) is 2.81. The van der Waals surface area contributed by atoms with E-state index in [1.807, 2.05) is 20.2 Å². The van der Waals surface area contributed by atoms with Crippen molar-refractivity contribution in [1.82, 2.24) is 20.1 Å². The van der Waals surface area contributed by atoms with Crippen molar-refractivity contribution in [3.05, 3.63) is 23.5 Å². The van der Waals surface area contributed by atoms with Crippen molar-refractivity contribution in [2.45, 2.75) is 32.9 Å². The van der Waals surface area contributed by atoms with Crippen molar-refractivity contribution in [2.75, 3.05) is 6.54 Å². The number of nitrogens with one attached hydrogen (secondary N) is 1. The van der Waals surface area contributed by atoms with Gasteiger partial charge in [-0.1, -0.05) is 0 Å². The highest BCUT2D eigenvalue weighted by molar-refractivity contribution is 5.78. The van der Waals surface area contributed by atoms with Gasteiger partial charge in [0.1, 0.15) is 0 Å². The summed E-state index contributed by atoms with van der Waals surface area (Å²) >= 11 is 0. The summed E-state index contributed by atoms with van der Waals surface area (Å²) in [5.41, 5.74) is 2.30. The minimum Gasteiger partial charge on any atom is -0.389 e. The largest absolute Gasteiger partial charge is 0.389 e. The average molecular weight is 248 g/mol. The van der Waals surface area contributed by atoms with Crippen molar-refractivity contribution in [3.8, 4) is 0 Å². The maximum atomic E-state index is 9.62. The third kappa shape index (κ3) is 2.86. The van der Waals surface area contributed by atoms with Gasteiger partial charge < -0.3 is 10.4 Å². The molecular weight excluding hydrogens is 228 g/mol. The Kier molecular flexibility index (Phi) is 3.36. The van der Waals surface area contributed by atoms with Gasteiger partial charge in [-0.15, -0.1) is 0 Å². The van der Waals surface area contributed by atoms with E-state index in [0.717, 1.165) is 22.3 Å². The Bertz CT molecular complexity index is 554. The van der Waals surface area contributed by atoms with Gasteiger partial charge in [0.2, 0.25) is 0 Å². The van der Waals surface area contributed by atoms with Gasteiger partial charge in [-0.2, -0.15) is 5.10 Å². The van der Waals surface area contributed by atoms with Crippen LogP contribution in [0.1, 0.15) is 25.1 Å². The van der Waals surface area contributed by atoms with E-state index in [1.54, 1.807) is 18.5 Å². The molecule has 0 aromatic carbocycles. The fraction of sp³-hybridized carbons (Fsp3) is 0.538. The zero-order chi connectivity index (χ0) is 13.3. The highest BCUT2D eigenvalue weighted by atomic mass is 16.3. The first-order valence-electron chi connectivity index (χ1n) is 6.08. The summed E-state index contributed by atoms with van der Waals surface area (Å²) < 4.78 is 1.79. The molecule has 2 heterocycles. The number of pyridine rings is 1. The van der Waals surface area contributed by atoms with E-state index in [0.29, 0.717) is 13.1 Å². The van der Waals surface area contributed by atoms with Crippen LogP contribution in [0.15, 0.2) is 12.3 Å². The predicted molar refractivity (Wildman–Crippen MR) is 71.3 cm³/mol. The second-order valence-electron chi connectivity index (χ2n) is 5.34. The summed E-state index contributed by atoms with van der Waals surface area (Å²) in [4.78, 5) is 4.41. The monoisotopic (exact) mass is 248 g/mol. The topological polar surface area (TPSA) is 63.0 Å². The molecule has 0 atom stereocenters. The van der Waals surface area contributed by atoms with Gasteiger partial charge in [0.25, 0.3) is 0 Å². The Morgan fingerprint density at radius 3 is 2.83 bits per heavy atom. The molecule has 5 heteroatoms. The first kappa shape index (κ1) is 13.0. The van der Waals surface area contributed by atoms with Crippen LogP contribution in [0.4, 0.5) is 0 Å². The van der Waals surface area contributed by atoms with Gasteiger partial charge in [0.15, 0.2) is 5.65 Å². The van der Waals surface area contributed by atoms with Crippen LogP contribution in [0.5, 0.6) is 0 Å². The van der Waals surface area contributed by atoms with E-state index in [4.69, 9.17) is 0 Å². The van der Waals surface area contributed by atoms with Crippen LogP contribution in [-0.2, 0) is 13.6 Å². The Morgan fingerprint density at radius 2 is 2.17 bits per heavy atom. The molecule has 0 saturated carbocycles. The van der Waals surface area contributed by atoms with Gasteiger partial charge in [-0.05, 0) is 32.4 Å². The molecule has 0 aliphatic carbocycles. The van der Waals surface area contributed by atoms with Crippen molar-refractivity contribution in [3.63, 3.8) is 0 Å². The normalized spacial score (nSPS) is 12.3. The Hall–Kier alpha value is -1.46. The Morgan fingerprint density at radius 1 is 1.44 bits per heavy atom. The zero-order valence-corrected chi connectivity index (χ0v) is 11.4. The predicted octanol–water partition coefficient (Wildman–Crippen LogP) is 1.14. The SMILES string of the molecule is Cc1nn(C)c2ncc(CNCC(C)(C)O)cc12. The van der Waals surface area contributed by atoms with E-state index in [9.17, 15) is 5.11 Å². The molecule has 0 amide bonds. The van der Waals surface area contributed by atoms with Crippen molar-refractivity contribution in [1.29, 1.82) is 0 Å². The fourth-order valence-electron chi connectivity index (χ4n) is 1.96. The second kappa shape index (κ2) is 4.66. The van der Waals surface area contributed by atoms with Gasteiger partial charge in [0.05, 0.1) is 11.3 Å². The number of hydrogen-bond acceptors (Lipinski definition) is 4. The number of aliphatic hydroxyl groups is 1. The van der Waals surface area contributed by atoms with Crippen LogP contribution in [0.3, 0.4) is 0 Å². The highest BCUT2D eigenvalue weighted by Gasteiger charge is 2.11. The quantitative estimate of drug-likeness (QED) is 0.851. The van der Waals surface area contributed by atoms with Crippen molar-refractivity contribution < 1.29 is 5.11 Å². The lowest BCUT2D eigenvalue weighted by molar-refractivity contribution is 0.0795. The maximum absolute atomic E-state index is 9.62. The molecule has 0 unspecified atom stereocenters. The van der Waals surface area contributed by atoms with E-state index in [1.165, 1.54) is 0 Å². The average Bonchev–Trinajstić information content (AvgIpc) is 2.53. The Balaban J connectivity index is 2.13. The van der Waals surface area contributed by atoms with Crippen LogP contribution >= 0.6 is 0 Å². The summed E-state index contributed by atoms with van der Waals surface area (Å²) in [5, 5.41) is 18.3. The molecule has 0 aliphatic rings. The lowest BCUT2D eigenvalue weighted by atomic mass is 10.1. The summed E-state index contributed by atoms with van der Waals surface area (Å²) in [6.45, 7) is 6.80. The van der Waals surface area contributed by atoms with Crippen LogP contribution in [-0.4, -0.2) is 32.0 Å². The minimum absolute atomic E-state index is 0.553. The van der Waals surface area contributed by atoms with Gasteiger partial charge in [-0.3, -0.25) is 4.68 Å². The molecule has 0 aliphatic heterocycles. The molecule has 0 radical (unpaired) electrons. The number of rotatable bonds is 4. The van der Waals surface area contributed by atoms with Crippen LogP contribution in [0.2, 0.25) is 0 Å². The van der Waals surface area contributed by atoms with Crippen molar-refractivity contribution in [2.24, 2.45) is 7.05 Å². The molecule has 98 valence electrons. The number of nitrogens with zero attached hydrogens (tertiary/aromatic N) is 3. The molecule has 2 rings (SSSR count). The highest BCUT2D eigenvalue weighted by Crippen LogP contribution is 2.16. The molecule has 18 heavy (non-hydrogen) atoms. The molecule has 0 spiro atoms. The van der Waals surface area contributed by atoms with Gasteiger partial charge >= 0.3 is 0 Å². The maximum Gasteiger partial charge on any atom is 0.157 e. The molecule has 0 saturated heterocycles. The number of aromatic nitrogens is 3. The van der Waals surface area contributed by atoms with E-state index >= 15 is 0 Å². The number of fused-ring (bicyclic) bond motifs is 1. The minimum atomic E-state index is -0.693. The molecule has 0 fully saturated rings. The number of aryl methyl sites for hydroxylation is 2. The first-order valence-corrected chi connectivity index (χ1v) is 6.08. The summed E-state index contributed by atoms with van der Waals surface area (Å²) in [6.07, 6.45) is 1.85. The lowest BCUT2D eigenvalue weighted by Gasteiger charge is -2.17. The fourth-order valence-corrected chi connectivity index (χ4v) is 1.96. The summed E-state index contributed by atoms with van der Waals surface area (Å²) in [6, 6.07) is 2.10. The smallest absolute Gasteiger partial charge is 0.157 e. The molecule has 2 aromatic heterocycles. The molecule has 5 nitrogen and oxygen atoms in total. The van der Waals surface area contributed by atoms with E-state index < -0.39 is 5.60 Å². The van der Waals surface area contributed by atoms with Crippen molar-refractivity contribution >= 4 is 11.0 Å². The van der Waals surface area contributed by atoms with E-state index in [-0.39, 0.29) is 0 Å². The molecule has 0 bridgehead atoms. The van der Waals surface area contributed by atoms with Gasteiger partial charge in [-0.25, -0.2) is 4.98 Å². The van der Waals surface area contributed by atoms with Crippen LogP contribution in [0, 0.1) is 6.92 Å². The summed E-state index contributed by atoms with van der Waals surface area (Å²) in [7, 11) is 1.90. The number of hydrogen-bond donors (Lipinski definition) is 2. The summed E-state index contributed by atoms with van der Waals surface area (Å²) in [5.74, 6) is 0. The van der Waals surface area contributed by atoms with E-state index in [2.05, 4.69) is 21.5 Å². The van der Waals surface area contributed by atoms with Crippen LogP contribution < -0.4 is 5.32 Å². The third-order valence-electron chi connectivity index (χ3n) is 2.81. The molecule has 2 N–H and O–H groups in total. The van der Waals surface area contributed by atoms with Crippen LogP contribution in [0.25, 0.3) is 11.0 Å². The Labute approximate surface area is 107 Å². The van der Waals surface area contributed by atoms with Gasteiger partial charge in [0, 0.05) is 31.7 Å². The zero-order valence-electron chi connectivity index (χ0n) is 11.4.